The van der Waals surface area contributed by atoms with Crippen LogP contribution in [0.25, 0.3) is 0 Å². The van der Waals surface area contributed by atoms with E-state index in [0.29, 0.717) is 18.8 Å². The Morgan fingerprint density at radius 2 is 1.88 bits per heavy atom. The number of benzene rings is 2. The molecule has 0 radical (unpaired) electrons. The molecule has 2 aliphatic carbocycles. The van der Waals surface area contributed by atoms with E-state index in [9.17, 15) is 26.7 Å². The predicted molar refractivity (Wildman–Crippen MR) is 108 cm³/mol. The molecule has 2 fully saturated rings. The van der Waals surface area contributed by atoms with Crippen molar-refractivity contribution in [2.24, 2.45) is 0 Å². The summed E-state index contributed by atoms with van der Waals surface area (Å²) in [7, 11) is 0. The molecule has 0 aliphatic heterocycles. The maximum Gasteiger partial charge on any atom is 0.422 e. The molecule has 0 saturated heterocycles. The van der Waals surface area contributed by atoms with Crippen LogP contribution >= 0.6 is 0 Å². The number of halogens is 5. The summed E-state index contributed by atoms with van der Waals surface area (Å²) in [6.07, 6.45) is -1.17. The van der Waals surface area contributed by atoms with Crippen molar-refractivity contribution in [1.29, 1.82) is 0 Å². The van der Waals surface area contributed by atoms with Gasteiger partial charge in [-0.25, -0.2) is 8.78 Å². The van der Waals surface area contributed by atoms with Crippen LogP contribution in [0.1, 0.15) is 67.6 Å². The second-order valence-corrected chi connectivity index (χ2v) is 8.87. The van der Waals surface area contributed by atoms with Crippen LogP contribution in [0.15, 0.2) is 36.4 Å². The third-order valence-corrected chi connectivity index (χ3v) is 6.05. The van der Waals surface area contributed by atoms with Gasteiger partial charge in [-0.2, -0.15) is 13.2 Å². The van der Waals surface area contributed by atoms with Crippen molar-refractivity contribution in [3.63, 3.8) is 0 Å². The molecule has 32 heavy (non-hydrogen) atoms. The van der Waals surface area contributed by atoms with Crippen molar-refractivity contribution in [2.75, 3.05) is 6.61 Å². The van der Waals surface area contributed by atoms with Crippen LogP contribution in [-0.2, 0) is 10.3 Å². The average molecular weight is 453 g/mol. The predicted octanol–water partition coefficient (Wildman–Crippen LogP) is 6.08. The molecule has 2 aromatic carbocycles. The topological polar surface area (TPSA) is 38.3 Å². The Labute approximate surface area is 183 Å². The Kier molecular flexibility index (Phi) is 5.90. The highest BCUT2D eigenvalue weighted by atomic mass is 19.4. The molecular formula is C24H24F5NO2. The monoisotopic (exact) mass is 453 g/mol. The molecule has 0 heterocycles. The zero-order valence-electron chi connectivity index (χ0n) is 17.6. The van der Waals surface area contributed by atoms with Crippen LogP contribution in [0.4, 0.5) is 22.0 Å². The lowest BCUT2D eigenvalue weighted by Crippen LogP contribution is -2.35. The van der Waals surface area contributed by atoms with Gasteiger partial charge in [0.1, 0.15) is 17.4 Å². The summed E-state index contributed by atoms with van der Waals surface area (Å²) in [6.45, 7) is 0.312. The number of ether oxygens (including phenoxy) is 1. The van der Waals surface area contributed by atoms with E-state index in [1.807, 2.05) is 6.07 Å². The number of nitrogens with one attached hydrogen (secondary N) is 1. The van der Waals surface area contributed by atoms with E-state index < -0.39 is 35.9 Å². The first kappa shape index (κ1) is 22.6. The van der Waals surface area contributed by atoms with Crippen LogP contribution in [-0.4, -0.2) is 18.7 Å². The van der Waals surface area contributed by atoms with Crippen molar-refractivity contribution in [2.45, 2.75) is 62.6 Å². The summed E-state index contributed by atoms with van der Waals surface area (Å²) in [5.74, 6) is -1.70. The number of carbonyl (C=O) groups excluding carboxylic acids is 1. The smallest absolute Gasteiger partial charge is 0.422 e. The largest absolute Gasteiger partial charge is 0.484 e. The van der Waals surface area contributed by atoms with Gasteiger partial charge < -0.3 is 10.1 Å². The molecule has 2 aliphatic rings. The molecule has 1 amide bonds. The normalized spacial score (nSPS) is 18.2. The molecule has 0 spiro atoms. The van der Waals surface area contributed by atoms with Gasteiger partial charge in [-0.15, -0.1) is 0 Å². The van der Waals surface area contributed by atoms with Crippen molar-refractivity contribution in [1.82, 2.24) is 5.32 Å². The Bertz CT molecular complexity index is 1010. The molecular weight excluding hydrogens is 429 g/mol. The van der Waals surface area contributed by atoms with E-state index in [4.69, 9.17) is 4.74 Å². The van der Waals surface area contributed by atoms with Crippen LogP contribution in [0.3, 0.4) is 0 Å². The van der Waals surface area contributed by atoms with E-state index >= 15 is 0 Å². The molecule has 8 heteroatoms. The fourth-order valence-electron chi connectivity index (χ4n) is 4.02. The van der Waals surface area contributed by atoms with Gasteiger partial charge in [0.15, 0.2) is 6.61 Å². The molecule has 2 aromatic rings. The zero-order valence-corrected chi connectivity index (χ0v) is 17.6. The third-order valence-electron chi connectivity index (χ3n) is 6.05. The van der Waals surface area contributed by atoms with Gasteiger partial charge in [0.05, 0.1) is 5.54 Å². The Morgan fingerprint density at radius 1 is 1.16 bits per heavy atom. The second kappa shape index (κ2) is 8.37. The lowest BCUT2D eigenvalue weighted by molar-refractivity contribution is -0.153. The first-order valence-corrected chi connectivity index (χ1v) is 10.7. The van der Waals surface area contributed by atoms with E-state index in [1.165, 1.54) is 6.07 Å². The highest BCUT2D eigenvalue weighted by molar-refractivity contribution is 5.78. The van der Waals surface area contributed by atoms with Gasteiger partial charge in [0.25, 0.3) is 0 Å². The standard InChI is InChI=1S/C24H24F5NO2/c1-14(20-5-4-18(25)12-21(20)26)8-22(31)30-23(6-7-23)17-9-16(15-2-3-15)10-19(11-17)32-13-24(27,28)29/h4-5,9-12,14-15H,2-3,6-8,13H2,1H3,(H,30,31). The zero-order chi connectivity index (χ0) is 23.1. The summed E-state index contributed by atoms with van der Waals surface area (Å²) in [6, 6.07) is 8.42. The fourth-order valence-corrected chi connectivity index (χ4v) is 4.02. The summed E-state index contributed by atoms with van der Waals surface area (Å²) < 4.78 is 70.0. The number of alkyl halides is 3. The summed E-state index contributed by atoms with van der Waals surface area (Å²) in [5, 5.41) is 2.99. The average Bonchev–Trinajstić information content (AvgIpc) is 3.60. The molecule has 172 valence electrons. The molecule has 0 aromatic heterocycles. The van der Waals surface area contributed by atoms with E-state index in [-0.39, 0.29) is 23.6 Å². The minimum Gasteiger partial charge on any atom is -0.484 e. The lowest BCUT2D eigenvalue weighted by Gasteiger charge is -2.22. The highest BCUT2D eigenvalue weighted by Crippen LogP contribution is 2.49. The third kappa shape index (κ3) is 5.40. The van der Waals surface area contributed by atoms with Gasteiger partial charge in [-0.05, 0) is 72.4 Å². The molecule has 2 saturated carbocycles. The van der Waals surface area contributed by atoms with Crippen LogP contribution in [0.2, 0.25) is 0 Å². The minimum absolute atomic E-state index is 0.00402. The molecule has 1 atom stereocenters. The maximum atomic E-state index is 14.0. The van der Waals surface area contributed by atoms with Crippen LogP contribution in [0.5, 0.6) is 5.75 Å². The first-order valence-electron chi connectivity index (χ1n) is 10.7. The second-order valence-electron chi connectivity index (χ2n) is 8.87. The number of hydrogen-bond donors (Lipinski definition) is 1. The van der Waals surface area contributed by atoms with Crippen molar-refractivity contribution < 1.29 is 31.5 Å². The minimum atomic E-state index is -4.44. The first-order chi connectivity index (χ1) is 15.0. The maximum absolute atomic E-state index is 14.0. The Morgan fingerprint density at radius 3 is 2.47 bits per heavy atom. The van der Waals surface area contributed by atoms with Gasteiger partial charge in [-0.1, -0.05) is 19.1 Å². The molecule has 1 unspecified atom stereocenters. The molecule has 4 rings (SSSR count). The summed E-state index contributed by atoms with van der Waals surface area (Å²) in [5.41, 5.74) is 1.25. The Balaban J connectivity index is 1.48. The summed E-state index contributed by atoms with van der Waals surface area (Å²) >= 11 is 0. The van der Waals surface area contributed by atoms with Crippen molar-refractivity contribution >= 4 is 5.91 Å². The number of rotatable bonds is 8. The number of carbonyl (C=O) groups is 1. The van der Waals surface area contributed by atoms with Gasteiger partial charge >= 0.3 is 6.18 Å². The fraction of sp³-hybridized carbons (Fsp3) is 0.458. The van der Waals surface area contributed by atoms with Crippen molar-refractivity contribution in [3.05, 3.63) is 64.7 Å². The summed E-state index contributed by atoms with van der Waals surface area (Å²) in [4.78, 5) is 12.7. The quantitative estimate of drug-likeness (QED) is 0.492. The highest BCUT2D eigenvalue weighted by Gasteiger charge is 2.46. The molecule has 1 N–H and O–H groups in total. The number of amides is 1. The Hall–Kier alpha value is -2.64. The van der Waals surface area contributed by atoms with Crippen LogP contribution < -0.4 is 10.1 Å². The van der Waals surface area contributed by atoms with E-state index in [1.54, 1.807) is 19.1 Å². The van der Waals surface area contributed by atoms with Gasteiger partial charge in [0.2, 0.25) is 5.91 Å². The van der Waals surface area contributed by atoms with E-state index in [0.717, 1.165) is 36.1 Å². The number of hydrogen-bond acceptors (Lipinski definition) is 2. The molecule has 3 nitrogen and oxygen atoms in total. The van der Waals surface area contributed by atoms with Gasteiger partial charge in [0, 0.05) is 12.5 Å². The molecule has 0 bridgehead atoms. The van der Waals surface area contributed by atoms with E-state index in [2.05, 4.69) is 5.32 Å². The lowest BCUT2D eigenvalue weighted by atomic mass is 9.95. The SMILES string of the molecule is CC(CC(=O)NC1(c2cc(OCC(F)(F)F)cc(C3CC3)c2)CC1)c1ccc(F)cc1F. The van der Waals surface area contributed by atoms with Crippen LogP contribution in [0, 0.1) is 11.6 Å². The van der Waals surface area contributed by atoms with Crippen molar-refractivity contribution in [3.8, 4) is 5.75 Å². The van der Waals surface area contributed by atoms with Gasteiger partial charge in [-0.3, -0.25) is 4.79 Å².